The van der Waals surface area contributed by atoms with Gasteiger partial charge in [0.05, 0.1) is 26.1 Å². The van der Waals surface area contributed by atoms with Crippen molar-refractivity contribution in [2.24, 2.45) is 11.7 Å². The van der Waals surface area contributed by atoms with E-state index in [1.54, 1.807) is 0 Å². The van der Waals surface area contributed by atoms with Gasteiger partial charge in [0.2, 0.25) is 0 Å². The monoisotopic (exact) mass is 197 g/mol. The van der Waals surface area contributed by atoms with Gasteiger partial charge in [-0.2, -0.15) is 0 Å². The van der Waals surface area contributed by atoms with Crippen LogP contribution in [0.5, 0.6) is 0 Å². The third kappa shape index (κ3) is 3.83. The number of nitrogens with two attached hydrogens (primary N) is 1. The van der Waals surface area contributed by atoms with Gasteiger partial charge in [-0.05, 0) is 17.6 Å². The summed E-state index contributed by atoms with van der Waals surface area (Å²) in [6.07, 6.45) is 4.91. The first-order valence-corrected chi connectivity index (χ1v) is 5.03. The molecule has 2 heterocycles. The van der Waals surface area contributed by atoms with Gasteiger partial charge in [-0.1, -0.05) is 13.8 Å². The van der Waals surface area contributed by atoms with Crippen molar-refractivity contribution in [3.05, 3.63) is 23.6 Å². The average molecular weight is 197 g/mol. The maximum atomic E-state index is 5.27. The molecule has 0 atom stereocenters. The number of ether oxygens (including phenoxy) is 2. The molecule has 14 heavy (non-hydrogen) atoms. The fourth-order valence-electron chi connectivity index (χ4n) is 1.23. The summed E-state index contributed by atoms with van der Waals surface area (Å²) in [4.78, 5) is 0. The van der Waals surface area contributed by atoms with Crippen LogP contribution in [0, 0.1) is 5.92 Å². The molecule has 80 valence electrons. The minimum Gasteiger partial charge on any atom is -0.501 e. The summed E-state index contributed by atoms with van der Waals surface area (Å²) in [6.45, 7) is 6.61. The molecule has 2 rings (SSSR count). The Morgan fingerprint density at radius 1 is 1.43 bits per heavy atom. The Labute approximate surface area is 85.6 Å². The summed E-state index contributed by atoms with van der Waals surface area (Å²) in [5.74, 6) is 0.678. The van der Waals surface area contributed by atoms with E-state index in [1.165, 1.54) is 5.57 Å². The first kappa shape index (κ1) is 11.1. The van der Waals surface area contributed by atoms with Gasteiger partial charge in [0, 0.05) is 12.1 Å². The highest BCUT2D eigenvalue weighted by Gasteiger charge is 2.07. The van der Waals surface area contributed by atoms with E-state index in [9.17, 15) is 0 Å². The Morgan fingerprint density at radius 3 is 2.43 bits per heavy atom. The van der Waals surface area contributed by atoms with Crippen LogP contribution in [-0.4, -0.2) is 19.8 Å². The molecule has 0 fully saturated rings. The fourth-order valence-corrected chi connectivity index (χ4v) is 1.23. The SMILES string of the molecule is CC(C)C1=COCC1.NC1=CCOC1. The Hall–Kier alpha value is -0.960. The van der Waals surface area contributed by atoms with E-state index in [-0.39, 0.29) is 0 Å². The molecule has 0 radical (unpaired) electrons. The van der Waals surface area contributed by atoms with E-state index in [1.807, 2.05) is 12.3 Å². The van der Waals surface area contributed by atoms with E-state index < -0.39 is 0 Å². The van der Waals surface area contributed by atoms with Gasteiger partial charge in [-0.3, -0.25) is 0 Å². The normalized spacial score (nSPS) is 19.6. The minimum atomic E-state index is 0.625. The Balaban J connectivity index is 0.000000146. The molecule has 2 N–H and O–H groups in total. The van der Waals surface area contributed by atoms with E-state index in [2.05, 4.69) is 13.8 Å². The van der Waals surface area contributed by atoms with Crippen molar-refractivity contribution in [1.29, 1.82) is 0 Å². The zero-order valence-corrected chi connectivity index (χ0v) is 8.95. The zero-order chi connectivity index (χ0) is 10.4. The largest absolute Gasteiger partial charge is 0.501 e. The highest BCUT2D eigenvalue weighted by atomic mass is 16.5. The van der Waals surface area contributed by atoms with Crippen molar-refractivity contribution in [2.75, 3.05) is 19.8 Å². The first-order chi connectivity index (χ1) is 6.70. The predicted octanol–water partition coefficient (Wildman–Crippen LogP) is 1.81. The summed E-state index contributed by atoms with van der Waals surface area (Å²) in [6, 6.07) is 0. The Kier molecular flexibility index (Phi) is 4.53. The van der Waals surface area contributed by atoms with Crippen LogP contribution in [0.3, 0.4) is 0 Å². The van der Waals surface area contributed by atoms with Gasteiger partial charge < -0.3 is 15.2 Å². The van der Waals surface area contributed by atoms with Gasteiger partial charge in [-0.15, -0.1) is 0 Å². The van der Waals surface area contributed by atoms with Crippen molar-refractivity contribution in [3.8, 4) is 0 Å². The molecule has 0 saturated carbocycles. The molecule has 0 aromatic heterocycles. The van der Waals surface area contributed by atoms with Crippen LogP contribution in [0.1, 0.15) is 20.3 Å². The number of rotatable bonds is 1. The maximum Gasteiger partial charge on any atom is 0.0911 e. The predicted molar refractivity (Wildman–Crippen MR) is 56.6 cm³/mol. The lowest BCUT2D eigenvalue weighted by atomic mass is 10.0. The number of hydrogen-bond donors (Lipinski definition) is 1. The third-order valence-corrected chi connectivity index (χ3v) is 2.22. The van der Waals surface area contributed by atoms with Crippen molar-refractivity contribution < 1.29 is 9.47 Å². The molecule has 2 aliphatic heterocycles. The van der Waals surface area contributed by atoms with Gasteiger partial charge >= 0.3 is 0 Å². The molecule has 3 nitrogen and oxygen atoms in total. The highest BCUT2D eigenvalue weighted by molar-refractivity contribution is 5.04. The lowest BCUT2D eigenvalue weighted by Gasteiger charge is -1.99. The molecule has 2 aliphatic rings. The second-order valence-electron chi connectivity index (χ2n) is 3.76. The molecule has 3 heteroatoms. The standard InChI is InChI=1S/C7H12O.C4H7NO/c1-6(2)7-3-4-8-5-7;5-4-1-2-6-3-4/h5-6H,3-4H2,1-2H3;1H,2-3,5H2. The molecular weight excluding hydrogens is 178 g/mol. The summed E-state index contributed by atoms with van der Waals surface area (Å²) in [5, 5.41) is 0. The topological polar surface area (TPSA) is 44.5 Å². The molecular formula is C11H19NO2. The van der Waals surface area contributed by atoms with Crippen molar-refractivity contribution in [1.82, 2.24) is 0 Å². The van der Waals surface area contributed by atoms with Gasteiger partial charge in [0.1, 0.15) is 0 Å². The lowest BCUT2D eigenvalue weighted by Crippen LogP contribution is -1.96. The van der Waals surface area contributed by atoms with Crippen molar-refractivity contribution in [3.63, 3.8) is 0 Å². The van der Waals surface area contributed by atoms with E-state index >= 15 is 0 Å². The van der Waals surface area contributed by atoms with Crippen LogP contribution in [0.25, 0.3) is 0 Å². The molecule has 0 amide bonds. The van der Waals surface area contributed by atoms with Gasteiger partial charge in [0.25, 0.3) is 0 Å². The van der Waals surface area contributed by atoms with Crippen molar-refractivity contribution in [2.45, 2.75) is 20.3 Å². The van der Waals surface area contributed by atoms with Crippen LogP contribution < -0.4 is 5.73 Å². The summed E-state index contributed by atoms with van der Waals surface area (Å²) in [7, 11) is 0. The van der Waals surface area contributed by atoms with Gasteiger partial charge in [0.15, 0.2) is 0 Å². The first-order valence-electron chi connectivity index (χ1n) is 5.03. The van der Waals surface area contributed by atoms with Gasteiger partial charge in [-0.25, -0.2) is 0 Å². The van der Waals surface area contributed by atoms with E-state index in [0.717, 1.165) is 18.7 Å². The third-order valence-electron chi connectivity index (χ3n) is 2.22. The quantitative estimate of drug-likeness (QED) is 0.697. The van der Waals surface area contributed by atoms with Crippen molar-refractivity contribution >= 4 is 0 Å². The summed E-state index contributed by atoms with van der Waals surface area (Å²) >= 11 is 0. The van der Waals surface area contributed by atoms with Crippen LogP contribution in [-0.2, 0) is 9.47 Å². The van der Waals surface area contributed by atoms with Crippen LogP contribution in [0.15, 0.2) is 23.6 Å². The second-order valence-corrected chi connectivity index (χ2v) is 3.76. The maximum absolute atomic E-state index is 5.27. The molecule has 0 aromatic carbocycles. The molecule has 0 aliphatic carbocycles. The molecule has 0 unspecified atom stereocenters. The number of hydrogen-bond acceptors (Lipinski definition) is 3. The smallest absolute Gasteiger partial charge is 0.0911 e. The second kappa shape index (κ2) is 5.70. The van der Waals surface area contributed by atoms with Crippen LogP contribution >= 0.6 is 0 Å². The van der Waals surface area contributed by atoms with E-state index in [0.29, 0.717) is 19.1 Å². The molecule has 0 saturated heterocycles. The van der Waals surface area contributed by atoms with E-state index in [4.69, 9.17) is 15.2 Å². The molecule has 0 spiro atoms. The van der Waals surface area contributed by atoms with Crippen LogP contribution in [0.2, 0.25) is 0 Å². The summed E-state index contributed by atoms with van der Waals surface area (Å²) < 4.78 is 9.90. The fraction of sp³-hybridized carbons (Fsp3) is 0.636. The molecule has 0 bridgehead atoms. The Morgan fingerprint density at radius 2 is 2.21 bits per heavy atom. The Bertz CT molecular complexity index is 231. The molecule has 0 aromatic rings. The van der Waals surface area contributed by atoms with Crippen LogP contribution in [0.4, 0.5) is 0 Å². The minimum absolute atomic E-state index is 0.625. The average Bonchev–Trinajstić information content (AvgIpc) is 2.75. The summed E-state index contributed by atoms with van der Waals surface area (Å²) in [5.41, 5.74) is 7.58. The zero-order valence-electron chi connectivity index (χ0n) is 8.95. The highest BCUT2D eigenvalue weighted by Crippen LogP contribution is 2.18. The lowest BCUT2D eigenvalue weighted by molar-refractivity contribution is 0.208.